The van der Waals surface area contributed by atoms with Crippen LogP contribution in [0.1, 0.15) is 11.4 Å². The van der Waals surface area contributed by atoms with Crippen LogP contribution in [0.4, 0.5) is 17.6 Å². The van der Waals surface area contributed by atoms with Crippen LogP contribution < -0.4 is 5.73 Å². The molecule has 0 atom stereocenters. The Labute approximate surface area is 98.2 Å². The molecule has 0 unspecified atom stereocenters. The summed E-state index contributed by atoms with van der Waals surface area (Å²) < 4.78 is 51.9. The fraction of sp³-hybridized carbons (Fsp3) is 0.222. The van der Waals surface area contributed by atoms with E-state index in [1.165, 1.54) is 0 Å². The maximum Gasteiger partial charge on any atom is 0.416 e. The highest BCUT2D eigenvalue weighted by Crippen LogP contribution is 2.31. The summed E-state index contributed by atoms with van der Waals surface area (Å²) in [5.74, 6) is -0.807. The molecule has 0 aliphatic rings. The van der Waals surface area contributed by atoms with Crippen LogP contribution in [0.25, 0.3) is 5.69 Å². The Balaban J connectivity index is 2.57. The molecule has 5 nitrogen and oxygen atoms in total. The van der Waals surface area contributed by atoms with Crippen LogP contribution >= 0.6 is 0 Å². The van der Waals surface area contributed by atoms with Gasteiger partial charge in [0.1, 0.15) is 11.5 Å². The van der Waals surface area contributed by atoms with E-state index >= 15 is 0 Å². The van der Waals surface area contributed by atoms with Gasteiger partial charge in [0, 0.05) is 0 Å². The van der Waals surface area contributed by atoms with Crippen LogP contribution in [0.3, 0.4) is 0 Å². The summed E-state index contributed by atoms with van der Waals surface area (Å²) >= 11 is 0. The molecule has 0 aliphatic carbocycles. The van der Waals surface area contributed by atoms with Gasteiger partial charge in [0.15, 0.2) is 5.82 Å². The van der Waals surface area contributed by atoms with Crippen molar-refractivity contribution in [3.63, 3.8) is 0 Å². The van der Waals surface area contributed by atoms with Gasteiger partial charge >= 0.3 is 6.18 Å². The number of rotatable bonds is 2. The van der Waals surface area contributed by atoms with Crippen molar-refractivity contribution in [3.8, 4) is 5.69 Å². The Hall–Kier alpha value is -2.03. The topological polar surface area (TPSA) is 69.6 Å². The van der Waals surface area contributed by atoms with Crippen molar-refractivity contribution in [3.05, 3.63) is 35.4 Å². The summed E-state index contributed by atoms with van der Waals surface area (Å²) in [4.78, 5) is 0. The predicted octanol–water partition coefficient (Wildman–Crippen LogP) is 1.28. The average molecular weight is 261 g/mol. The molecule has 0 bridgehead atoms. The summed E-state index contributed by atoms with van der Waals surface area (Å²) in [5.41, 5.74) is 3.92. The lowest BCUT2D eigenvalue weighted by molar-refractivity contribution is -0.137. The molecule has 0 spiro atoms. The van der Waals surface area contributed by atoms with E-state index in [0.717, 1.165) is 4.68 Å². The molecular formula is C9H7F4N5. The van der Waals surface area contributed by atoms with Gasteiger partial charge in [-0.2, -0.15) is 17.9 Å². The number of aromatic nitrogens is 4. The van der Waals surface area contributed by atoms with Gasteiger partial charge in [0.25, 0.3) is 0 Å². The first-order chi connectivity index (χ1) is 8.43. The normalized spacial score (nSPS) is 11.8. The number of tetrazole rings is 1. The highest BCUT2D eigenvalue weighted by molar-refractivity contribution is 5.38. The number of benzene rings is 1. The van der Waals surface area contributed by atoms with E-state index in [0.29, 0.717) is 18.2 Å². The second kappa shape index (κ2) is 4.33. The zero-order chi connectivity index (χ0) is 13.3. The molecule has 18 heavy (non-hydrogen) atoms. The number of nitrogens with zero attached hydrogens (tertiary/aromatic N) is 4. The third-order valence-corrected chi connectivity index (χ3v) is 2.22. The van der Waals surface area contributed by atoms with Crippen molar-refractivity contribution in [1.29, 1.82) is 0 Å². The summed E-state index contributed by atoms with van der Waals surface area (Å²) in [7, 11) is 0. The zero-order valence-electron chi connectivity index (χ0n) is 8.82. The van der Waals surface area contributed by atoms with Crippen LogP contribution in [0.15, 0.2) is 18.2 Å². The second-order valence-electron chi connectivity index (χ2n) is 3.37. The highest BCUT2D eigenvalue weighted by atomic mass is 19.4. The van der Waals surface area contributed by atoms with Crippen LogP contribution in [0.2, 0.25) is 0 Å². The SMILES string of the molecule is NCc1nnnn1-c1cc(C(F)(F)F)ccc1F. The first-order valence-corrected chi connectivity index (χ1v) is 4.78. The van der Waals surface area contributed by atoms with E-state index in [1.807, 2.05) is 0 Å². The molecule has 0 amide bonds. The Morgan fingerprint density at radius 3 is 2.61 bits per heavy atom. The summed E-state index contributed by atoms with van der Waals surface area (Å²) in [5, 5.41) is 10.1. The number of nitrogens with two attached hydrogens (primary N) is 1. The minimum Gasteiger partial charge on any atom is -0.324 e. The lowest BCUT2D eigenvalue weighted by atomic mass is 10.2. The summed E-state index contributed by atoms with van der Waals surface area (Å²) in [6.07, 6.45) is -4.57. The van der Waals surface area contributed by atoms with Gasteiger partial charge in [-0.15, -0.1) is 5.10 Å². The van der Waals surface area contributed by atoms with E-state index in [-0.39, 0.29) is 12.4 Å². The summed E-state index contributed by atoms with van der Waals surface area (Å²) in [6.45, 7) is -0.122. The molecular weight excluding hydrogens is 254 g/mol. The van der Waals surface area contributed by atoms with E-state index in [2.05, 4.69) is 15.5 Å². The third kappa shape index (κ3) is 2.16. The van der Waals surface area contributed by atoms with Crippen LogP contribution in [-0.4, -0.2) is 20.2 Å². The van der Waals surface area contributed by atoms with Gasteiger partial charge in [-0.05, 0) is 28.6 Å². The standard InChI is InChI=1S/C9H7F4N5/c10-6-2-1-5(9(11,12)13)3-7(6)18-8(4-14)15-16-17-18/h1-3H,4,14H2. The van der Waals surface area contributed by atoms with E-state index < -0.39 is 23.2 Å². The van der Waals surface area contributed by atoms with Crippen molar-refractivity contribution < 1.29 is 17.6 Å². The molecule has 0 saturated carbocycles. The smallest absolute Gasteiger partial charge is 0.324 e. The molecule has 9 heteroatoms. The quantitative estimate of drug-likeness (QED) is 0.827. The van der Waals surface area contributed by atoms with Crippen LogP contribution in [0.5, 0.6) is 0 Å². The molecule has 96 valence electrons. The molecule has 2 N–H and O–H groups in total. The fourth-order valence-electron chi connectivity index (χ4n) is 1.37. The Morgan fingerprint density at radius 2 is 2.00 bits per heavy atom. The maximum atomic E-state index is 13.5. The zero-order valence-corrected chi connectivity index (χ0v) is 8.82. The van der Waals surface area contributed by atoms with Gasteiger partial charge < -0.3 is 5.73 Å². The van der Waals surface area contributed by atoms with E-state index in [1.54, 1.807) is 0 Å². The predicted molar refractivity (Wildman–Crippen MR) is 52.0 cm³/mol. The maximum absolute atomic E-state index is 13.5. The number of hydrogen-bond acceptors (Lipinski definition) is 4. The molecule has 0 radical (unpaired) electrons. The molecule has 1 aromatic carbocycles. The van der Waals surface area contributed by atoms with Gasteiger partial charge in [-0.25, -0.2) is 4.39 Å². The molecule has 1 aromatic heterocycles. The third-order valence-electron chi connectivity index (χ3n) is 2.22. The highest BCUT2D eigenvalue weighted by Gasteiger charge is 2.31. The van der Waals surface area contributed by atoms with Crippen molar-refractivity contribution in [1.82, 2.24) is 20.2 Å². The number of alkyl halides is 3. The first kappa shape index (κ1) is 12.4. The molecule has 2 rings (SSSR count). The largest absolute Gasteiger partial charge is 0.416 e. The van der Waals surface area contributed by atoms with Crippen LogP contribution in [0, 0.1) is 5.82 Å². The lowest BCUT2D eigenvalue weighted by Crippen LogP contribution is -2.12. The average Bonchev–Trinajstić information content (AvgIpc) is 2.76. The minimum atomic E-state index is -4.57. The van der Waals surface area contributed by atoms with Crippen molar-refractivity contribution in [2.75, 3.05) is 0 Å². The van der Waals surface area contributed by atoms with Gasteiger partial charge in [-0.1, -0.05) is 0 Å². The molecule has 2 aromatic rings. The molecule has 1 heterocycles. The van der Waals surface area contributed by atoms with Crippen molar-refractivity contribution in [2.24, 2.45) is 5.73 Å². The Bertz CT molecular complexity index is 562. The number of halogens is 4. The first-order valence-electron chi connectivity index (χ1n) is 4.78. The fourth-order valence-corrected chi connectivity index (χ4v) is 1.37. The second-order valence-corrected chi connectivity index (χ2v) is 3.37. The minimum absolute atomic E-state index is 0.0632. The molecule has 0 saturated heterocycles. The van der Waals surface area contributed by atoms with E-state index in [4.69, 9.17) is 5.73 Å². The van der Waals surface area contributed by atoms with Gasteiger partial charge in [0.05, 0.1) is 12.1 Å². The van der Waals surface area contributed by atoms with Crippen molar-refractivity contribution in [2.45, 2.75) is 12.7 Å². The van der Waals surface area contributed by atoms with Crippen LogP contribution in [-0.2, 0) is 12.7 Å². The van der Waals surface area contributed by atoms with Gasteiger partial charge in [0.2, 0.25) is 0 Å². The number of hydrogen-bond donors (Lipinski definition) is 1. The Kier molecular flexibility index (Phi) is 2.99. The van der Waals surface area contributed by atoms with Gasteiger partial charge in [-0.3, -0.25) is 0 Å². The summed E-state index contributed by atoms with van der Waals surface area (Å²) in [6, 6.07) is 1.98. The molecule has 0 fully saturated rings. The Morgan fingerprint density at radius 1 is 1.28 bits per heavy atom. The monoisotopic (exact) mass is 261 g/mol. The van der Waals surface area contributed by atoms with Crippen molar-refractivity contribution >= 4 is 0 Å². The lowest BCUT2D eigenvalue weighted by Gasteiger charge is -2.10. The van der Waals surface area contributed by atoms with E-state index in [9.17, 15) is 17.6 Å². The molecule has 0 aliphatic heterocycles.